The van der Waals surface area contributed by atoms with Crippen LogP contribution in [0.2, 0.25) is 0 Å². The maximum absolute atomic E-state index is 12.1. The molecule has 4 heteroatoms. The topological polar surface area (TPSA) is 41.6 Å². The Labute approximate surface area is 115 Å². The summed E-state index contributed by atoms with van der Waals surface area (Å²) in [6.07, 6.45) is 0.996. The molecule has 0 aliphatic carbocycles. The van der Waals surface area contributed by atoms with Gasteiger partial charge in [0.1, 0.15) is 6.04 Å². The summed E-state index contributed by atoms with van der Waals surface area (Å²) in [6, 6.07) is 9.46. The van der Waals surface area contributed by atoms with Crippen LogP contribution in [0.1, 0.15) is 24.9 Å². The van der Waals surface area contributed by atoms with Crippen LogP contribution in [0.4, 0.5) is 0 Å². The lowest BCUT2D eigenvalue weighted by Gasteiger charge is -2.26. The van der Waals surface area contributed by atoms with E-state index in [1.165, 1.54) is 0 Å². The van der Waals surface area contributed by atoms with E-state index in [-0.39, 0.29) is 12.0 Å². The van der Waals surface area contributed by atoms with E-state index in [1.807, 2.05) is 56.3 Å². The van der Waals surface area contributed by atoms with Crippen molar-refractivity contribution in [3.8, 4) is 0 Å². The summed E-state index contributed by atoms with van der Waals surface area (Å²) in [5, 5.41) is 3.11. The summed E-state index contributed by atoms with van der Waals surface area (Å²) < 4.78 is 5.19. The van der Waals surface area contributed by atoms with E-state index < -0.39 is 0 Å². The largest absolute Gasteiger partial charge is 0.465 e. The van der Waals surface area contributed by atoms with Gasteiger partial charge in [-0.05, 0) is 39.5 Å². The second-order valence-electron chi connectivity index (χ2n) is 4.50. The maximum atomic E-state index is 12.1. The number of likely N-dealkylation sites (N-methyl/N-ethyl adjacent to an activating group) is 1. The van der Waals surface area contributed by atoms with Gasteiger partial charge in [-0.25, -0.2) is 4.79 Å². The van der Waals surface area contributed by atoms with Crippen LogP contribution in [0.25, 0.3) is 0 Å². The molecular formula is C15H24N2O2. The third-order valence-corrected chi connectivity index (χ3v) is 3.00. The number of hydrogen-bond acceptors (Lipinski definition) is 4. The summed E-state index contributed by atoms with van der Waals surface area (Å²) in [6.45, 7) is 4.03. The number of carbonyl (C=O) groups is 1. The number of rotatable bonds is 8. The molecule has 1 rings (SSSR count). The summed E-state index contributed by atoms with van der Waals surface area (Å²) >= 11 is 0. The molecule has 0 fully saturated rings. The molecular weight excluding hydrogens is 240 g/mol. The highest BCUT2D eigenvalue weighted by Crippen LogP contribution is 2.21. The Morgan fingerprint density at radius 2 is 2.05 bits per heavy atom. The molecule has 4 nitrogen and oxygen atoms in total. The zero-order valence-corrected chi connectivity index (χ0v) is 12.1. The molecule has 0 saturated heterocycles. The molecule has 1 N–H and O–H groups in total. The SMILES string of the molecule is CCOC(=O)C(c1ccccc1)N(C)CCCNC. The van der Waals surface area contributed by atoms with Crippen LogP contribution in [0.5, 0.6) is 0 Å². The van der Waals surface area contributed by atoms with Crippen molar-refractivity contribution in [2.75, 3.05) is 33.8 Å². The van der Waals surface area contributed by atoms with Crippen molar-refractivity contribution in [2.24, 2.45) is 0 Å². The lowest BCUT2D eigenvalue weighted by atomic mass is 10.1. The van der Waals surface area contributed by atoms with E-state index in [0.717, 1.165) is 25.1 Å². The Hall–Kier alpha value is -1.39. The van der Waals surface area contributed by atoms with Gasteiger partial charge in [0.05, 0.1) is 6.61 Å². The first-order valence-corrected chi connectivity index (χ1v) is 6.77. The Morgan fingerprint density at radius 3 is 2.63 bits per heavy atom. The van der Waals surface area contributed by atoms with Gasteiger partial charge < -0.3 is 10.1 Å². The van der Waals surface area contributed by atoms with Crippen LogP contribution in [0.15, 0.2) is 30.3 Å². The number of ether oxygens (including phenoxy) is 1. The van der Waals surface area contributed by atoms with Gasteiger partial charge in [0, 0.05) is 6.54 Å². The minimum absolute atomic E-state index is 0.180. The highest BCUT2D eigenvalue weighted by Gasteiger charge is 2.25. The van der Waals surface area contributed by atoms with Crippen LogP contribution in [0, 0.1) is 0 Å². The van der Waals surface area contributed by atoms with Crippen LogP contribution < -0.4 is 5.32 Å². The molecule has 0 amide bonds. The molecule has 0 radical (unpaired) electrons. The van der Waals surface area contributed by atoms with Crippen molar-refractivity contribution in [1.29, 1.82) is 0 Å². The van der Waals surface area contributed by atoms with Gasteiger partial charge in [0.2, 0.25) is 0 Å². The van der Waals surface area contributed by atoms with Crippen molar-refractivity contribution in [3.05, 3.63) is 35.9 Å². The van der Waals surface area contributed by atoms with Crippen LogP contribution in [-0.2, 0) is 9.53 Å². The lowest BCUT2D eigenvalue weighted by molar-refractivity contribution is -0.149. The predicted molar refractivity (Wildman–Crippen MR) is 77.0 cm³/mol. The quantitative estimate of drug-likeness (QED) is 0.574. The Kier molecular flexibility index (Phi) is 7.15. The van der Waals surface area contributed by atoms with E-state index in [0.29, 0.717) is 6.61 Å². The van der Waals surface area contributed by atoms with Crippen LogP contribution >= 0.6 is 0 Å². The Balaban J connectivity index is 2.77. The van der Waals surface area contributed by atoms with Gasteiger partial charge in [-0.2, -0.15) is 0 Å². The van der Waals surface area contributed by atoms with Crippen molar-refractivity contribution in [1.82, 2.24) is 10.2 Å². The molecule has 0 aliphatic heterocycles. The second-order valence-corrected chi connectivity index (χ2v) is 4.50. The van der Waals surface area contributed by atoms with Crippen LogP contribution in [-0.4, -0.2) is 44.7 Å². The second kappa shape index (κ2) is 8.67. The van der Waals surface area contributed by atoms with Gasteiger partial charge in [-0.1, -0.05) is 30.3 Å². The van der Waals surface area contributed by atoms with Crippen molar-refractivity contribution >= 4 is 5.97 Å². The van der Waals surface area contributed by atoms with Crippen molar-refractivity contribution in [2.45, 2.75) is 19.4 Å². The first kappa shape index (κ1) is 15.7. The third kappa shape index (κ3) is 5.01. The molecule has 0 bridgehead atoms. The zero-order valence-electron chi connectivity index (χ0n) is 12.1. The summed E-state index contributed by atoms with van der Waals surface area (Å²) in [4.78, 5) is 14.2. The molecule has 1 atom stereocenters. The van der Waals surface area contributed by atoms with Crippen molar-refractivity contribution in [3.63, 3.8) is 0 Å². The smallest absolute Gasteiger partial charge is 0.327 e. The van der Waals surface area contributed by atoms with E-state index in [4.69, 9.17) is 4.74 Å². The number of hydrogen-bond donors (Lipinski definition) is 1. The third-order valence-electron chi connectivity index (χ3n) is 3.00. The highest BCUT2D eigenvalue weighted by molar-refractivity contribution is 5.77. The number of nitrogens with zero attached hydrogens (tertiary/aromatic N) is 1. The molecule has 0 spiro atoms. The Bertz CT molecular complexity index is 368. The molecule has 0 saturated carbocycles. The van der Waals surface area contributed by atoms with Gasteiger partial charge in [-0.3, -0.25) is 4.90 Å². The average Bonchev–Trinajstić information content (AvgIpc) is 2.41. The molecule has 0 aliphatic rings. The average molecular weight is 264 g/mol. The number of nitrogens with one attached hydrogen (secondary N) is 1. The zero-order chi connectivity index (χ0) is 14.1. The molecule has 1 aromatic rings. The highest BCUT2D eigenvalue weighted by atomic mass is 16.5. The Morgan fingerprint density at radius 1 is 1.37 bits per heavy atom. The minimum Gasteiger partial charge on any atom is -0.465 e. The van der Waals surface area contributed by atoms with E-state index in [9.17, 15) is 4.79 Å². The standard InChI is InChI=1S/C15H24N2O2/c1-4-19-15(18)14(13-9-6-5-7-10-13)17(3)12-8-11-16-2/h5-7,9-10,14,16H,4,8,11-12H2,1-3H3. The first-order chi connectivity index (χ1) is 9.20. The molecule has 1 unspecified atom stereocenters. The molecule has 0 heterocycles. The number of esters is 1. The monoisotopic (exact) mass is 264 g/mol. The molecule has 1 aromatic carbocycles. The fourth-order valence-corrected chi connectivity index (χ4v) is 2.06. The molecule has 106 valence electrons. The van der Waals surface area contributed by atoms with Gasteiger partial charge in [-0.15, -0.1) is 0 Å². The summed E-state index contributed by atoms with van der Waals surface area (Å²) in [7, 11) is 3.89. The van der Waals surface area contributed by atoms with Crippen LogP contribution in [0.3, 0.4) is 0 Å². The van der Waals surface area contributed by atoms with Gasteiger partial charge >= 0.3 is 5.97 Å². The minimum atomic E-state index is -0.321. The fraction of sp³-hybridized carbons (Fsp3) is 0.533. The molecule has 0 aromatic heterocycles. The van der Waals surface area contributed by atoms with E-state index in [1.54, 1.807) is 0 Å². The number of benzene rings is 1. The van der Waals surface area contributed by atoms with E-state index in [2.05, 4.69) is 5.32 Å². The van der Waals surface area contributed by atoms with Crippen molar-refractivity contribution < 1.29 is 9.53 Å². The van der Waals surface area contributed by atoms with E-state index >= 15 is 0 Å². The first-order valence-electron chi connectivity index (χ1n) is 6.77. The summed E-state index contributed by atoms with van der Waals surface area (Å²) in [5.74, 6) is -0.180. The normalized spacial score (nSPS) is 12.4. The lowest BCUT2D eigenvalue weighted by Crippen LogP contribution is -2.34. The maximum Gasteiger partial charge on any atom is 0.327 e. The fourth-order valence-electron chi connectivity index (χ4n) is 2.06. The predicted octanol–water partition coefficient (Wildman–Crippen LogP) is 1.83. The summed E-state index contributed by atoms with van der Waals surface area (Å²) in [5.41, 5.74) is 0.980. The van der Waals surface area contributed by atoms with Gasteiger partial charge in [0.15, 0.2) is 0 Å². The number of carbonyl (C=O) groups excluding carboxylic acids is 1. The van der Waals surface area contributed by atoms with Gasteiger partial charge in [0.25, 0.3) is 0 Å². The molecule has 19 heavy (non-hydrogen) atoms.